The molecule has 0 aromatic carbocycles. The molecule has 0 radical (unpaired) electrons. The number of halogens is 2. The van der Waals surface area contributed by atoms with Crippen LogP contribution in [0.3, 0.4) is 0 Å². The molecule has 0 heterocycles. The Morgan fingerprint density at radius 3 is 1.18 bits per heavy atom. The summed E-state index contributed by atoms with van der Waals surface area (Å²) in [6.45, 7) is 12.9. The predicted octanol–water partition coefficient (Wildman–Crippen LogP) is 4.02. The van der Waals surface area contributed by atoms with E-state index in [0.717, 1.165) is 0 Å². The fourth-order valence-corrected chi connectivity index (χ4v) is 1.03. The second-order valence-electron chi connectivity index (χ2n) is 4.88. The summed E-state index contributed by atoms with van der Waals surface area (Å²) in [6.07, 6.45) is 1.25. The summed E-state index contributed by atoms with van der Waals surface area (Å²) in [5.74, 6) is 0. The van der Waals surface area contributed by atoms with E-state index in [1.165, 1.54) is 6.42 Å². The van der Waals surface area contributed by atoms with Gasteiger partial charge in [0.05, 0.1) is 11.3 Å². The minimum atomic E-state index is 0.00646. The van der Waals surface area contributed by atoms with Gasteiger partial charge in [-0.2, -0.15) is 0 Å². The molecule has 0 spiro atoms. The quantitative estimate of drug-likeness (QED) is 0.480. The molecule has 17 heavy (non-hydrogen) atoms. The first-order chi connectivity index (χ1) is 7.69. The summed E-state index contributed by atoms with van der Waals surface area (Å²) in [5, 5.41) is 6.53. The zero-order valence-corrected chi connectivity index (χ0v) is 17.2. The lowest BCUT2D eigenvalue weighted by Gasteiger charge is -2.46. The Labute approximate surface area is 132 Å². The van der Waals surface area contributed by atoms with Crippen LogP contribution >= 0.6 is 37.2 Å². The Morgan fingerprint density at radius 2 is 1.06 bits per heavy atom. The van der Waals surface area contributed by atoms with E-state index in [-0.39, 0.29) is 11.3 Å². The molecule has 108 valence electrons. The number of rotatable bonds is 4. The summed E-state index contributed by atoms with van der Waals surface area (Å²) in [7, 11) is 6.05. The third-order valence-corrected chi connectivity index (χ3v) is 2.90. The van der Waals surface area contributed by atoms with E-state index in [2.05, 4.69) is 101 Å². The summed E-state index contributed by atoms with van der Waals surface area (Å²) in [5.41, 5.74) is 0.0129. The molecule has 0 saturated heterocycles. The van der Waals surface area contributed by atoms with Gasteiger partial charge in [0.1, 0.15) is 0 Å². The van der Waals surface area contributed by atoms with Crippen LogP contribution in [0.5, 0.6) is 0 Å². The van der Waals surface area contributed by atoms with Crippen LogP contribution in [-0.4, -0.2) is 37.4 Å². The Bertz CT molecular complexity index is 146. The maximum atomic E-state index is 3.27. The topological polar surface area (TPSA) is 27.3 Å². The van der Waals surface area contributed by atoms with E-state index < -0.39 is 0 Å². The van der Waals surface area contributed by atoms with E-state index in [1.54, 1.807) is 0 Å². The minimum Gasteiger partial charge on any atom is -0.303 e. The van der Waals surface area contributed by atoms with Gasteiger partial charge in [0.25, 0.3) is 0 Å². The van der Waals surface area contributed by atoms with Crippen molar-refractivity contribution in [1.82, 2.24) is 15.5 Å². The van der Waals surface area contributed by atoms with Crippen LogP contribution in [0.2, 0.25) is 0 Å². The second-order valence-corrected chi connectivity index (χ2v) is 4.88. The third kappa shape index (κ3) is 10.9. The van der Waals surface area contributed by atoms with Crippen LogP contribution in [0.25, 0.3) is 0 Å². The second kappa shape index (κ2) is 12.4. The number of nitrogens with zero attached hydrogens (tertiary/aromatic N) is 1. The van der Waals surface area contributed by atoms with Crippen molar-refractivity contribution in [2.45, 2.75) is 59.3 Å². The van der Waals surface area contributed by atoms with Gasteiger partial charge in [0, 0.05) is 37.2 Å². The van der Waals surface area contributed by atoms with E-state index in [9.17, 15) is 0 Å². The van der Waals surface area contributed by atoms with Gasteiger partial charge in [0.2, 0.25) is 0 Å². The Balaban J connectivity index is -0.000000337. The van der Waals surface area contributed by atoms with Gasteiger partial charge in [-0.25, -0.2) is 0 Å². The van der Waals surface area contributed by atoms with Crippen molar-refractivity contribution in [3.8, 4) is 0 Å². The number of hydrogen-bond donors (Lipinski definition) is 2. The van der Waals surface area contributed by atoms with E-state index in [4.69, 9.17) is 0 Å². The normalized spacial score (nSPS) is 11.3. The molecule has 0 aliphatic rings. The summed E-state index contributed by atoms with van der Waals surface area (Å²) >= 11 is 4.24. The Kier molecular flexibility index (Phi) is 17.1. The highest BCUT2D eigenvalue weighted by atomic mass is 128. The summed E-state index contributed by atoms with van der Waals surface area (Å²) in [4.78, 5) is 2.26. The van der Waals surface area contributed by atoms with Crippen molar-refractivity contribution in [3.05, 3.63) is 0 Å². The standard InChI is InChI=1S/C9H23N3.C3H8.I2/c1-8(2,10-5)12(7)9(3,4)11-6;1-3-2;1-2/h10-11H,1-7H3;3H2,1-2H3;. The lowest BCUT2D eigenvalue weighted by molar-refractivity contribution is 0.0105. The summed E-state index contributed by atoms with van der Waals surface area (Å²) in [6, 6.07) is 0. The molecule has 0 bridgehead atoms. The van der Waals surface area contributed by atoms with Crippen LogP contribution in [-0.2, 0) is 0 Å². The molecule has 0 amide bonds. The van der Waals surface area contributed by atoms with Crippen LogP contribution in [0.15, 0.2) is 0 Å². The molecule has 0 aromatic rings. The van der Waals surface area contributed by atoms with Gasteiger partial charge < -0.3 is 10.6 Å². The van der Waals surface area contributed by atoms with Crippen LogP contribution in [0.4, 0.5) is 0 Å². The molecule has 0 aliphatic carbocycles. The van der Waals surface area contributed by atoms with Gasteiger partial charge in [-0.1, -0.05) is 20.3 Å². The summed E-state index contributed by atoms with van der Waals surface area (Å²) < 4.78 is 0. The lowest BCUT2D eigenvalue weighted by Crippen LogP contribution is -2.63. The van der Waals surface area contributed by atoms with Crippen molar-refractivity contribution in [3.63, 3.8) is 0 Å². The Hall–Kier alpha value is 1.34. The SMILES string of the molecule is CCC.CNC(C)(C)N(C)C(C)(C)NC.II. The van der Waals surface area contributed by atoms with E-state index >= 15 is 0 Å². The largest absolute Gasteiger partial charge is 0.303 e. The highest BCUT2D eigenvalue weighted by Crippen LogP contribution is 2.17. The van der Waals surface area contributed by atoms with Crippen LogP contribution in [0.1, 0.15) is 48.0 Å². The molecule has 0 rings (SSSR count). The highest BCUT2D eigenvalue weighted by molar-refractivity contribution is 15.0. The molecular formula is C12H31I2N3. The first-order valence-corrected chi connectivity index (χ1v) is 12.2. The Morgan fingerprint density at radius 1 is 0.882 bits per heavy atom. The number of nitrogens with one attached hydrogen (secondary N) is 2. The fourth-order valence-electron chi connectivity index (χ4n) is 1.03. The molecule has 5 heteroatoms. The van der Waals surface area contributed by atoms with Crippen molar-refractivity contribution in [1.29, 1.82) is 0 Å². The average Bonchev–Trinajstić information content (AvgIpc) is 2.31. The lowest BCUT2D eigenvalue weighted by atomic mass is 10.1. The molecule has 0 aliphatic heterocycles. The van der Waals surface area contributed by atoms with Crippen LogP contribution < -0.4 is 10.6 Å². The smallest absolute Gasteiger partial charge is 0.0664 e. The van der Waals surface area contributed by atoms with Gasteiger partial charge in [-0.3, -0.25) is 4.90 Å². The highest BCUT2D eigenvalue weighted by Gasteiger charge is 2.32. The zero-order chi connectivity index (χ0) is 14.7. The van der Waals surface area contributed by atoms with Crippen molar-refractivity contribution in [2.24, 2.45) is 0 Å². The van der Waals surface area contributed by atoms with Gasteiger partial charge in [0.15, 0.2) is 0 Å². The fraction of sp³-hybridized carbons (Fsp3) is 1.00. The van der Waals surface area contributed by atoms with Crippen molar-refractivity contribution < 1.29 is 0 Å². The zero-order valence-electron chi connectivity index (χ0n) is 12.9. The molecule has 0 unspecified atom stereocenters. The average molecular weight is 471 g/mol. The number of hydrogen-bond acceptors (Lipinski definition) is 3. The van der Waals surface area contributed by atoms with Crippen molar-refractivity contribution in [2.75, 3.05) is 21.1 Å². The molecule has 0 aromatic heterocycles. The maximum Gasteiger partial charge on any atom is 0.0664 e. The van der Waals surface area contributed by atoms with Crippen molar-refractivity contribution >= 4 is 37.2 Å². The molecule has 0 saturated carbocycles. The molecule has 0 atom stereocenters. The first kappa shape index (κ1) is 23.4. The predicted molar refractivity (Wildman–Crippen MR) is 98.0 cm³/mol. The first-order valence-electron chi connectivity index (χ1n) is 5.95. The van der Waals surface area contributed by atoms with Gasteiger partial charge >= 0.3 is 0 Å². The molecular weight excluding hydrogens is 440 g/mol. The van der Waals surface area contributed by atoms with E-state index in [1.807, 2.05) is 14.1 Å². The van der Waals surface area contributed by atoms with Crippen LogP contribution in [0, 0.1) is 0 Å². The molecule has 3 nitrogen and oxygen atoms in total. The van der Waals surface area contributed by atoms with Gasteiger partial charge in [-0.05, 0) is 48.8 Å². The van der Waals surface area contributed by atoms with E-state index in [0.29, 0.717) is 0 Å². The van der Waals surface area contributed by atoms with Gasteiger partial charge in [-0.15, -0.1) is 0 Å². The maximum absolute atomic E-state index is 3.27. The minimum absolute atomic E-state index is 0.00646. The molecule has 2 N–H and O–H groups in total. The molecule has 0 fully saturated rings. The monoisotopic (exact) mass is 471 g/mol. The third-order valence-electron chi connectivity index (χ3n) is 2.90.